The molecule has 0 aliphatic carbocycles. The molecule has 4 atom stereocenters. The summed E-state index contributed by atoms with van der Waals surface area (Å²) in [6.07, 6.45) is -4.55. The largest absolute Gasteiger partial charge is 0.402 e. The number of nitrogens with one attached hydrogen (secondary N) is 2. The Kier molecular flexibility index (Phi) is 8.06. The zero-order valence-corrected chi connectivity index (χ0v) is 22.8. The molecule has 9 nitrogen and oxygen atoms in total. The number of carbonyl (C=O) groups is 4. The molecule has 0 unspecified atom stereocenters. The van der Waals surface area contributed by atoms with Crippen LogP contribution < -0.4 is 10.6 Å². The van der Waals surface area contributed by atoms with Crippen LogP contribution in [0.2, 0.25) is 0 Å². The van der Waals surface area contributed by atoms with Crippen LogP contribution in [-0.2, 0) is 24.6 Å². The number of likely N-dealkylation sites (tertiary alicyclic amines) is 1. The Balaban J connectivity index is 1.86. The van der Waals surface area contributed by atoms with E-state index < -0.39 is 52.9 Å². The lowest BCUT2D eigenvalue weighted by atomic mass is 9.80. The second-order valence-corrected chi connectivity index (χ2v) is 11.3. The fourth-order valence-electron chi connectivity index (χ4n) is 5.08. The Bertz CT molecular complexity index is 1210. The minimum atomic E-state index is -4.83. The maximum absolute atomic E-state index is 13.9. The van der Waals surface area contributed by atoms with Crippen molar-refractivity contribution in [2.75, 3.05) is 18.9 Å². The van der Waals surface area contributed by atoms with Crippen molar-refractivity contribution in [1.82, 2.24) is 15.1 Å². The molecule has 0 radical (unpaired) electrons. The number of nitrogens with zero attached hydrogens (tertiary/aromatic N) is 3. The SMILES string of the molecule is CC(C)C[C@@H](C(=O)N1C[C@]2(C[C@H]1C#N)C(=O)Nc1ccccc12)N(C)C(=O)[C@H](C)NC(=O)C(C)(C)C(F)(F)F. The fourth-order valence-corrected chi connectivity index (χ4v) is 5.08. The standard InChI is InChI=1S/C27H34F3N5O4/c1-15(2)11-20(34(6)21(36)16(3)32-23(38)25(4,5)27(28,29)30)22(37)35-14-26(12-17(35)13-31)18-9-7-8-10-19(18)33-24(26)39/h7-10,15-17,20H,11-12,14H2,1-6H3,(H,32,38)(H,33,39)/t16-,17-,20-,26-/m0/s1. The zero-order valence-electron chi connectivity index (χ0n) is 22.8. The Hall–Kier alpha value is -3.62. The zero-order chi connectivity index (χ0) is 29.5. The summed E-state index contributed by atoms with van der Waals surface area (Å²) in [5.74, 6) is -3.06. The molecule has 1 fully saturated rings. The van der Waals surface area contributed by atoms with Crippen LogP contribution in [0.5, 0.6) is 0 Å². The van der Waals surface area contributed by atoms with Gasteiger partial charge in [0, 0.05) is 25.7 Å². The minimum absolute atomic E-state index is 0.0599. The maximum Gasteiger partial charge on any atom is 0.402 e. The van der Waals surface area contributed by atoms with E-state index in [1.165, 1.54) is 18.9 Å². The first-order chi connectivity index (χ1) is 18.0. The van der Waals surface area contributed by atoms with Crippen molar-refractivity contribution in [1.29, 1.82) is 5.26 Å². The number of anilines is 1. The van der Waals surface area contributed by atoms with E-state index in [1.54, 1.807) is 24.3 Å². The number of halogens is 3. The van der Waals surface area contributed by atoms with Crippen molar-refractivity contribution in [2.24, 2.45) is 11.3 Å². The van der Waals surface area contributed by atoms with E-state index in [2.05, 4.69) is 16.7 Å². The van der Waals surface area contributed by atoms with Crippen LogP contribution in [0.1, 0.15) is 53.0 Å². The molecule has 0 bridgehead atoms. The maximum atomic E-state index is 13.9. The van der Waals surface area contributed by atoms with E-state index in [4.69, 9.17) is 0 Å². The summed E-state index contributed by atoms with van der Waals surface area (Å²) >= 11 is 0. The number of carbonyl (C=O) groups excluding carboxylic acids is 4. The lowest BCUT2D eigenvalue weighted by molar-refractivity contribution is -0.211. The molecule has 0 aromatic heterocycles. The molecule has 1 spiro atoms. The van der Waals surface area contributed by atoms with Crippen LogP contribution in [0.3, 0.4) is 0 Å². The quantitative estimate of drug-likeness (QED) is 0.542. The number of likely N-dealkylation sites (N-methyl/N-ethyl adjacent to an activating group) is 1. The molecular weight excluding hydrogens is 515 g/mol. The molecule has 2 aliphatic heterocycles. The molecule has 39 heavy (non-hydrogen) atoms. The molecule has 12 heteroatoms. The van der Waals surface area contributed by atoms with Gasteiger partial charge < -0.3 is 20.4 Å². The van der Waals surface area contributed by atoms with Gasteiger partial charge in [-0.05, 0) is 44.7 Å². The molecule has 3 rings (SSSR count). The molecule has 1 aromatic rings. The summed E-state index contributed by atoms with van der Waals surface area (Å²) in [5.41, 5.74) is -2.53. The highest BCUT2D eigenvalue weighted by atomic mass is 19.4. The third kappa shape index (κ3) is 5.31. The Morgan fingerprint density at radius 2 is 1.85 bits per heavy atom. The fraction of sp³-hybridized carbons (Fsp3) is 0.593. The number of hydrogen-bond donors (Lipinski definition) is 2. The van der Waals surface area contributed by atoms with Gasteiger partial charge in [0.15, 0.2) is 0 Å². The molecule has 1 aromatic carbocycles. The molecule has 1 saturated heterocycles. The Morgan fingerprint density at radius 1 is 1.23 bits per heavy atom. The second-order valence-electron chi connectivity index (χ2n) is 11.3. The van der Waals surface area contributed by atoms with Gasteiger partial charge in [-0.2, -0.15) is 18.4 Å². The van der Waals surface area contributed by atoms with Crippen LogP contribution in [0, 0.1) is 22.7 Å². The van der Waals surface area contributed by atoms with Crippen molar-refractivity contribution < 1.29 is 32.3 Å². The smallest absolute Gasteiger partial charge is 0.344 e. The predicted molar refractivity (Wildman–Crippen MR) is 136 cm³/mol. The first-order valence-electron chi connectivity index (χ1n) is 12.7. The molecular formula is C27H34F3N5O4. The summed E-state index contributed by atoms with van der Waals surface area (Å²) in [6, 6.07) is 5.83. The summed E-state index contributed by atoms with van der Waals surface area (Å²) in [5, 5.41) is 14.8. The third-order valence-electron chi connectivity index (χ3n) is 7.71. The summed E-state index contributed by atoms with van der Waals surface area (Å²) in [4.78, 5) is 55.0. The third-order valence-corrected chi connectivity index (χ3v) is 7.71. The van der Waals surface area contributed by atoms with Crippen molar-refractivity contribution >= 4 is 29.3 Å². The number of para-hydroxylation sites is 1. The van der Waals surface area contributed by atoms with E-state index in [0.717, 1.165) is 18.7 Å². The van der Waals surface area contributed by atoms with Crippen molar-refractivity contribution in [3.63, 3.8) is 0 Å². The molecule has 212 valence electrons. The summed E-state index contributed by atoms with van der Waals surface area (Å²) < 4.78 is 39.9. The number of fused-ring (bicyclic) bond motifs is 2. The van der Waals surface area contributed by atoms with E-state index in [-0.39, 0.29) is 31.2 Å². The van der Waals surface area contributed by atoms with Gasteiger partial charge in [-0.25, -0.2) is 0 Å². The highest BCUT2D eigenvalue weighted by molar-refractivity contribution is 6.07. The monoisotopic (exact) mass is 549 g/mol. The molecule has 2 N–H and O–H groups in total. The predicted octanol–water partition coefficient (Wildman–Crippen LogP) is 2.97. The van der Waals surface area contributed by atoms with Crippen LogP contribution >= 0.6 is 0 Å². The van der Waals surface area contributed by atoms with E-state index in [0.29, 0.717) is 11.3 Å². The number of alkyl halides is 3. The highest BCUT2D eigenvalue weighted by Crippen LogP contribution is 2.46. The number of nitriles is 1. The normalized spacial score (nSPS) is 22.2. The van der Waals surface area contributed by atoms with Gasteiger partial charge in [0.2, 0.25) is 23.6 Å². The first kappa shape index (κ1) is 29.9. The van der Waals surface area contributed by atoms with Crippen molar-refractivity contribution in [3.05, 3.63) is 29.8 Å². The minimum Gasteiger partial charge on any atom is -0.344 e. The van der Waals surface area contributed by atoms with Gasteiger partial charge in [-0.15, -0.1) is 0 Å². The van der Waals surface area contributed by atoms with Crippen molar-refractivity contribution in [2.45, 2.75) is 77.2 Å². The Morgan fingerprint density at radius 3 is 2.41 bits per heavy atom. The molecule has 0 saturated carbocycles. The van der Waals surface area contributed by atoms with Crippen LogP contribution in [-0.4, -0.2) is 71.3 Å². The van der Waals surface area contributed by atoms with Crippen LogP contribution in [0.15, 0.2) is 24.3 Å². The molecule has 2 heterocycles. The Labute approximate surface area is 225 Å². The first-order valence-corrected chi connectivity index (χ1v) is 12.7. The lowest BCUT2D eigenvalue weighted by Crippen LogP contribution is -2.57. The average Bonchev–Trinajstić information content (AvgIpc) is 3.38. The number of benzene rings is 1. The van der Waals surface area contributed by atoms with Crippen LogP contribution in [0.25, 0.3) is 0 Å². The topological polar surface area (TPSA) is 123 Å². The summed E-state index contributed by atoms with van der Waals surface area (Å²) in [6.45, 7) is 6.30. The van der Waals surface area contributed by atoms with Gasteiger partial charge in [-0.3, -0.25) is 19.2 Å². The second kappa shape index (κ2) is 10.5. The van der Waals surface area contributed by atoms with Gasteiger partial charge in [0.1, 0.15) is 23.5 Å². The average molecular weight is 550 g/mol. The van der Waals surface area contributed by atoms with Gasteiger partial charge in [-0.1, -0.05) is 32.0 Å². The molecule has 4 amide bonds. The highest BCUT2D eigenvalue weighted by Gasteiger charge is 2.57. The number of hydrogen-bond acceptors (Lipinski definition) is 5. The number of rotatable bonds is 7. The van der Waals surface area contributed by atoms with Gasteiger partial charge in [0.05, 0.1) is 11.5 Å². The van der Waals surface area contributed by atoms with Crippen molar-refractivity contribution in [3.8, 4) is 6.07 Å². The number of amides is 4. The van der Waals surface area contributed by atoms with E-state index in [9.17, 15) is 37.6 Å². The lowest BCUT2D eigenvalue weighted by Gasteiger charge is -2.35. The summed E-state index contributed by atoms with van der Waals surface area (Å²) in [7, 11) is 1.34. The molecule has 2 aliphatic rings. The van der Waals surface area contributed by atoms with E-state index >= 15 is 0 Å². The van der Waals surface area contributed by atoms with Gasteiger partial charge >= 0.3 is 6.18 Å². The van der Waals surface area contributed by atoms with Crippen LogP contribution in [0.4, 0.5) is 18.9 Å². The van der Waals surface area contributed by atoms with Gasteiger partial charge in [0.25, 0.3) is 0 Å². The van der Waals surface area contributed by atoms with E-state index in [1.807, 2.05) is 13.8 Å².